The van der Waals surface area contributed by atoms with Gasteiger partial charge in [0.1, 0.15) is 12.4 Å². The first-order valence-electron chi connectivity index (χ1n) is 5.46. The van der Waals surface area contributed by atoms with Gasteiger partial charge in [-0.3, -0.25) is 9.59 Å². The molecule has 1 N–H and O–H groups in total. The minimum Gasteiger partial charge on any atom is -0.325 e. The molecule has 1 aromatic heterocycles. The van der Waals surface area contributed by atoms with E-state index in [2.05, 4.69) is 21.2 Å². The van der Waals surface area contributed by atoms with Gasteiger partial charge < -0.3 is 9.88 Å². The van der Waals surface area contributed by atoms with E-state index in [1.54, 1.807) is 6.07 Å². The lowest BCUT2D eigenvalue weighted by Crippen LogP contribution is -2.26. The van der Waals surface area contributed by atoms with Gasteiger partial charge in [-0.05, 0) is 46.3 Å². The van der Waals surface area contributed by atoms with Crippen LogP contribution in [-0.2, 0) is 11.3 Å². The molecule has 0 saturated carbocycles. The normalized spacial score (nSPS) is 10.2. The molecule has 2 aromatic rings. The minimum atomic E-state index is -0.374. The van der Waals surface area contributed by atoms with Crippen molar-refractivity contribution in [1.82, 2.24) is 4.57 Å². The average molecular weight is 325 g/mol. The standard InChI is InChI=1S/C13H10BrFN2O2/c14-9-1-6-13(19)17(7-9)8-12(18)16-11-4-2-10(15)3-5-11/h1-7H,8H2,(H,16,18). The van der Waals surface area contributed by atoms with E-state index in [-0.39, 0.29) is 23.8 Å². The molecule has 0 saturated heterocycles. The maximum Gasteiger partial charge on any atom is 0.251 e. The summed E-state index contributed by atoms with van der Waals surface area (Å²) < 4.78 is 14.7. The summed E-state index contributed by atoms with van der Waals surface area (Å²) in [5, 5.41) is 2.58. The Kier molecular flexibility index (Phi) is 4.11. The first kappa shape index (κ1) is 13.5. The fraction of sp³-hybridized carbons (Fsp3) is 0.0769. The van der Waals surface area contributed by atoms with Crippen LogP contribution >= 0.6 is 15.9 Å². The van der Waals surface area contributed by atoms with Crippen LogP contribution in [0.4, 0.5) is 10.1 Å². The second-order valence-electron chi connectivity index (χ2n) is 3.87. The zero-order valence-electron chi connectivity index (χ0n) is 9.77. The van der Waals surface area contributed by atoms with E-state index in [9.17, 15) is 14.0 Å². The van der Waals surface area contributed by atoms with Crippen molar-refractivity contribution in [1.29, 1.82) is 0 Å². The van der Waals surface area contributed by atoms with Crippen LogP contribution in [-0.4, -0.2) is 10.5 Å². The highest BCUT2D eigenvalue weighted by Crippen LogP contribution is 2.09. The number of nitrogens with one attached hydrogen (secondary N) is 1. The van der Waals surface area contributed by atoms with E-state index >= 15 is 0 Å². The van der Waals surface area contributed by atoms with Gasteiger partial charge in [-0.2, -0.15) is 0 Å². The Bertz CT molecular complexity index is 652. The Morgan fingerprint density at radius 1 is 1.21 bits per heavy atom. The van der Waals surface area contributed by atoms with E-state index < -0.39 is 0 Å². The third-order valence-corrected chi connectivity index (χ3v) is 2.86. The summed E-state index contributed by atoms with van der Waals surface area (Å²) in [6.45, 7) is -0.102. The second kappa shape index (κ2) is 5.79. The molecule has 0 unspecified atom stereocenters. The van der Waals surface area contributed by atoms with Gasteiger partial charge in [0.05, 0.1) is 0 Å². The molecule has 0 spiro atoms. The van der Waals surface area contributed by atoms with Crippen LogP contribution in [0.2, 0.25) is 0 Å². The van der Waals surface area contributed by atoms with Crippen molar-refractivity contribution >= 4 is 27.5 Å². The SMILES string of the molecule is O=C(Cn1cc(Br)ccc1=O)Nc1ccc(F)cc1. The first-order valence-corrected chi connectivity index (χ1v) is 6.25. The Morgan fingerprint density at radius 3 is 2.58 bits per heavy atom. The maximum atomic E-state index is 12.7. The monoisotopic (exact) mass is 324 g/mol. The van der Waals surface area contributed by atoms with Crippen molar-refractivity contribution in [3.63, 3.8) is 0 Å². The van der Waals surface area contributed by atoms with E-state index in [4.69, 9.17) is 0 Å². The summed E-state index contributed by atoms with van der Waals surface area (Å²) in [6.07, 6.45) is 1.53. The smallest absolute Gasteiger partial charge is 0.251 e. The number of hydrogen-bond acceptors (Lipinski definition) is 2. The van der Waals surface area contributed by atoms with Gasteiger partial charge in [-0.1, -0.05) is 0 Å². The van der Waals surface area contributed by atoms with Crippen LogP contribution < -0.4 is 10.9 Å². The van der Waals surface area contributed by atoms with Gasteiger partial charge in [0.15, 0.2) is 0 Å². The molecule has 0 aliphatic carbocycles. The Labute approximate surface area is 117 Å². The van der Waals surface area contributed by atoms with Crippen molar-refractivity contribution < 1.29 is 9.18 Å². The fourth-order valence-corrected chi connectivity index (χ4v) is 1.89. The molecule has 4 nitrogen and oxygen atoms in total. The number of rotatable bonds is 3. The van der Waals surface area contributed by atoms with Crippen LogP contribution in [0.1, 0.15) is 0 Å². The van der Waals surface area contributed by atoms with E-state index in [0.29, 0.717) is 10.2 Å². The topological polar surface area (TPSA) is 51.1 Å². The number of anilines is 1. The van der Waals surface area contributed by atoms with Gasteiger partial charge in [-0.15, -0.1) is 0 Å². The molecule has 19 heavy (non-hydrogen) atoms. The van der Waals surface area contributed by atoms with E-state index in [1.165, 1.54) is 41.1 Å². The average Bonchev–Trinajstić information content (AvgIpc) is 2.37. The molecule has 1 aromatic carbocycles. The number of aromatic nitrogens is 1. The maximum absolute atomic E-state index is 12.7. The Hall–Kier alpha value is -1.95. The van der Waals surface area contributed by atoms with Crippen molar-refractivity contribution in [2.75, 3.05) is 5.32 Å². The quantitative estimate of drug-likeness (QED) is 0.942. The zero-order valence-corrected chi connectivity index (χ0v) is 11.4. The van der Waals surface area contributed by atoms with Crippen LogP contribution in [0.25, 0.3) is 0 Å². The highest BCUT2D eigenvalue weighted by molar-refractivity contribution is 9.10. The minimum absolute atomic E-state index is 0.102. The number of amides is 1. The summed E-state index contributed by atoms with van der Waals surface area (Å²) in [7, 11) is 0. The third kappa shape index (κ3) is 3.75. The van der Waals surface area contributed by atoms with Gasteiger partial charge in [0.25, 0.3) is 5.56 Å². The predicted octanol–water partition coefficient (Wildman–Crippen LogP) is 2.39. The summed E-state index contributed by atoms with van der Waals surface area (Å²) in [5.41, 5.74) is 0.215. The lowest BCUT2D eigenvalue weighted by Gasteiger charge is -2.07. The van der Waals surface area contributed by atoms with Gasteiger partial charge >= 0.3 is 0 Å². The number of pyridine rings is 1. The lowest BCUT2D eigenvalue weighted by molar-refractivity contribution is -0.116. The van der Waals surface area contributed by atoms with Crippen LogP contribution in [0.15, 0.2) is 51.9 Å². The number of halogens is 2. The Morgan fingerprint density at radius 2 is 1.89 bits per heavy atom. The van der Waals surface area contributed by atoms with Crippen molar-refractivity contribution in [2.24, 2.45) is 0 Å². The van der Waals surface area contributed by atoms with Gasteiger partial charge in [0, 0.05) is 22.4 Å². The molecule has 0 fully saturated rings. The molecule has 0 aliphatic rings. The molecule has 0 bridgehead atoms. The molecule has 0 aliphatic heterocycles. The van der Waals surface area contributed by atoms with Crippen LogP contribution in [0.5, 0.6) is 0 Å². The fourth-order valence-electron chi connectivity index (χ4n) is 1.51. The molecule has 6 heteroatoms. The molecule has 0 radical (unpaired) electrons. The number of benzene rings is 1. The van der Waals surface area contributed by atoms with Crippen molar-refractivity contribution in [3.05, 3.63) is 63.2 Å². The number of hydrogen-bond donors (Lipinski definition) is 1. The summed E-state index contributed by atoms with van der Waals surface area (Å²) in [5.74, 6) is -0.729. The number of carbonyl (C=O) groups excluding carboxylic acids is 1. The van der Waals surface area contributed by atoms with Crippen molar-refractivity contribution in [2.45, 2.75) is 6.54 Å². The van der Waals surface area contributed by atoms with Crippen LogP contribution in [0.3, 0.4) is 0 Å². The highest BCUT2D eigenvalue weighted by atomic mass is 79.9. The molecule has 1 amide bonds. The number of nitrogens with zero attached hydrogens (tertiary/aromatic N) is 1. The van der Waals surface area contributed by atoms with Crippen LogP contribution in [0, 0.1) is 5.82 Å². The zero-order chi connectivity index (χ0) is 13.8. The van der Waals surface area contributed by atoms with Gasteiger partial charge in [0.2, 0.25) is 5.91 Å². The molecule has 0 atom stereocenters. The van der Waals surface area contributed by atoms with Crippen molar-refractivity contribution in [3.8, 4) is 0 Å². The molecule has 1 heterocycles. The molecule has 2 rings (SSSR count). The summed E-state index contributed by atoms with van der Waals surface area (Å²) in [6, 6.07) is 8.39. The Balaban J connectivity index is 2.07. The number of carbonyl (C=O) groups is 1. The highest BCUT2D eigenvalue weighted by Gasteiger charge is 2.05. The van der Waals surface area contributed by atoms with Gasteiger partial charge in [-0.25, -0.2) is 4.39 Å². The van der Waals surface area contributed by atoms with E-state index in [1.807, 2.05) is 0 Å². The summed E-state index contributed by atoms with van der Waals surface area (Å²) in [4.78, 5) is 23.3. The van der Waals surface area contributed by atoms with E-state index in [0.717, 1.165) is 0 Å². The lowest BCUT2D eigenvalue weighted by atomic mass is 10.3. The first-order chi connectivity index (χ1) is 9.04. The largest absolute Gasteiger partial charge is 0.325 e. The molecular formula is C13H10BrFN2O2. The molecular weight excluding hydrogens is 315 g/mol. The summed E-state index contributed by atoms with van der Waals surface area (Å²) >= 11 is 3.23. The third-order valence-electron chi connectivity index (χ3n) is 2.39. The second-order valence-corrected chi connectivity index (χ2v) is 4.78. The molecule has 98 valence electrons. The predicted molar refractivity (Wildman–Crippen MR) is 73.4 cm³/mol.